The number of nitrogens with one attached hydrogen (secondary N) is 1. The van der Waals surface area contributed by atoms with Gasteiger partial charge in [-0.3, -0.25) is 4.79 Å². The van der Waals surface area contributed by atoms with Crippen molar-refractivity contribution >= 4 is 17.7 Å². The van der Waals surface area contributed by atoms with Crippen LogP contribution >= 0.6 is 11.8 Å². The molecule has 0 fully saturated rings. The molecule has 0 aliphatic heterocycles. The molecule has 3 nitrogen and oxygen atoms in total. The number of rotatable bonds is 6. The highest BCUT2D eigenvalue weighted by Crippen LogP contribution is 2.21. The van der Waals surface area contributed by atoms with Crippen LogP contribution in [0.4, 0.5) is 0 Å². The Bertz CT molecular complexity index is 380. The second kappa shape index (κ2) is 7.35. The number of hydrogen-bond donors (Lipinski definition) is 1. The Kier molecular flexibility index (Phi) is 6.08. The van der Waals surface area contributed by atoms with Crippen LogP contribution in [0, 0.1) is 6.92 Å². The second-order valence-corrected chi connectivity index (χ2v) is 4.78. The van der Waals surface area contributed by atoms with Gasteiger partial charge in [-0.15, -0.1) is 11.8 Å². The maximum absolute atomic E-state index is 11.0. The summed E-state index contributed by atoms with van der Waals surface area (Å²) < 4.78 is 4.61. The third-order valence-corrected chi connectivity index (χ3v) is 3.43. The SMILES string of the molecule is CCNCc1ccc(SCC(=O)OC)cc1C. The maximum atomic E-state index is 11.0. The number of methoxy groups -OCH3 is 1. The Balaban J connectivity index is 2.58. The van der Waals surface area contributed by atoms with Crippen LogP contribution < -0.4 is 5.32 Å². The minimum Gasteiger partial charge on any atom is -0.468 e. The molecule has 0 unspecified atom stereocenters. The minimum atomic E-state index is -0.190. The van der Waals surface area contributed by atoms with Gasteiger partial charge in [0.05, 0.1) is 12.9 Å². The lowest BCUT2D eigenvalue weighted by atomic mass is 10.1. The van der Waals surface area contributed by atoms with Gasteiger partial charge in [-0.2, -0.15) is 0 Å². The van der Waals surface area contributed by atoms with Gasteiger partial charge >= 0.3 is 5.97 Å². The van der Waals surface area contributed by atoms with Crippen molar-refractivity contribution in [3.63, 3.8) is 0 Å². The number of carbonyl (C=O) groups excluding carboxylic acids is 1. The van der Waals surface area contributed by atoms with Gasteiger partial charge in [-0.1, -0.05) is 13.0 Å². The molecule has 17 heavy (non-hydrogen) atoms. The summed E-state index contributed by atoms with van der Waals surface area (Å²) in [4.78, 5) is 12.1. The van der Waals surface area contributed by atoms with Crippen molar-refractivity contribution in [2.75, 3.05) is 19.4 Å². The zero-order valence-corrected chi connectivity index (χ0v) is 11.4. The minimum absolute atomic E-state index is 0.190. The summed E-state index contributed by atoms with van der Waals surface area (Å²) >= 11 is 1.50. The van der Waals surface area contributed by atoms with Crippen molar-refractivity contribution in [1.29, 1.82) is 0 Å². The smallest absolute Gasteiger partial charge is 0.315 e. The van der Waals surface area contributed by atoms with E-state index in [4.69, 9.17) is 0 Å². The quantitative estimate of drug-likeness (QED) is 0.624. The average molecular weight is 253 g/mol. The number of carbonyl (C=O) groups is 1. The molecule has 0 bridgehead atoms. The molecule has 1 rings (SSSR count). The Morgan fingerprint density at radius 2 is 2.24 bits per heavy atom. The van der Waals surface area contributed by atoms with Gasteiger partial charge in [0.2, 0.25) is 0 Å². The Hall–Kier alpha value is -1.00. The summed E-state index contributed by atoms with van der Waals surface area (Å²) in [5, 5.41) is 3.30. The van der Waals surface area contributed by atoms with E-state index in [9.17, 15) is 4.79 Å². The van der Waals surface area contributed by atoms with Crippen LogP contribution in [0.15, 0.2) is 23.1 Å². The first-order valence-corrected chi connectivity index (χ1v) is 6.65. The first-order valence-electron chi connectivity index (χ1n) is 5.67. The van der Waals surface area contributed by atoms with Crippen LogP contribution in [-0.4, -0.2) is 25.4 Å². The van der Waals surface area contributed by atoms with Gasteiger partial charge in [0.25, 0.3) is 0 Å². The first-order chi connectivity index (χ1) is 8.17. The van der Waals surface area contributed by atoms with E-state index in [0.29, 0.717) is 5.75 Å². The molecule has 0 saturated heterocycles. The van der Waals surface area contributed by atoms with Gasteiger partial charge in [0, 0.05) is 11.4 Å². The molecule has 0 atom stereocenters. The molecule has 0 amide bonds. The molecular formula is C13H19NO2S. The van der Waals surface area contributed by atoms with Gasteiger partial charge in [-0.25, -0.2) is 0 Å². The van der Waals surface area contributed by atoms with Crippen molar-refractivity contribution in [2.24, 2.45) is 0 Å². The molecule has 94 valence electrons. The number of esters is 1. The van der Waals surface area contributed by atoms with E-state index < -0.39 is 0 Å². The largest absolute Gasteiger partial charge is 0.468 e. The summed E-state index contributed by atoms with van der Waals surface area (Å²) in [7, 11) is 1.41. The highest BCUT2D eigenvalue weighted by atomic mass is 32.2. The highest BCUT2D eigenvalue weighted by molar-refractivity contribution is 8.00. The van der Waals surface area contributed by atoms with Crippen molar-refractivity contribution in [2.45, 2.75) is 25.3 Å². The highest BCUT2D eigenvalue weighted by Gasteiger charge is 2.04. The molecule has 0 saturated carbocycles. The fraction of sp³-hybridized carbons (Fsp3) is 0.462. The number of thioether (sulfide) groups is 1. The molecule has 0 radical (unpaired) electrons. The zero-order valence-electron chi connectivity index (χ0n) is 10.6. The normalized spacial score (nSPS) is 10.3. The summed E-state index contributed by atoms with van der Waals surface area (Å²) in [5.41, 5.74) is 2.55. The molecule has 1 aromatic rings. The Morgan fingerprint density at radius 3 is 2.82 bits per heavy atom. The monoisotopic (exact) mass is 253 g/mol. The van der Waals surface area contributed by atoms with Gasteiger partial charge < -0.3 is 10.1 Å². The molecule has 0 aliphatic carbocycles. The van der Waals surface area contributed by atoms with Gasteiger partial charge in [0.15, 0.2) is 0 Å². The second-order valence-electron chi connectivity index (χ2n) is 3.73. The van der Waals surface area contributed by atoms with Crippen molar-refractivity contribution < 1.29 is 9.53 Å². The van der Waals surface area contributed by atoms with E-state index in [2.05, 4.69) is 36.0 Å². The lowest BCUT2D eigenvalue weighted by Gasteiger charge is -2.08. The average Bonchev–Trinajstić information content (AvgIpc) is 2.34. The molecule has 0 heterocycles. The number of aryl methyl sites for hydroxylation is 1. The molecule has 0 spiro atoms. The summed E-state index contributed by atoms with van der Waals surface area (Å²) in [6.45, 7) is 6.05. The van der Waals surface area contributed by atoms with E-state index >= 15 is 0 Å². The standard InChI is InChI=1S/C13H19NO2S/c1-4-14-8-11-5-6-12(7-10(11)2)17-9-13(15)16-3/h5-7,14H,4,8-9H2,1-3H3. The Morgan fingerprint density at radius 1 is 1.47 bits per heavy atom. The topological polar surface area (TPSA) is 38.3 Å². The van der Waals surface area contributed by atoms with Crippen LogP contribution in [0.2, 0.25) is 0 Å². The van der Waals surface area contributed by atoms with Crippen molar-refractivity contribution in [3.8, 4) is 0 Å². The van der Waals surface area contributed by atoms with E-state index in [1.165, 1.54) is 30.0 Å². The van der Waals surface area contributed by atoms with Gasteiger partial charge in [0.1, 0.15) is 0 Å². The van der Waals surface area contributed by atoms with E-state index in [0.717, 1.165) is 18.0 Å². The lowest BCUT2D eigenvalue weighted by Crippen LogP contribution is -2.12. The van der Waals surface area contributed by atoms with Gasteiger partial charge in [-0.05, 0) is 36.7 Å². The number of benzene rings is 1. The molecule has 0 aromatic heterocycles. The molecule has 1 N–H and O–H groups in total. The fourth-order valence-corrected chi connectivity index (χ4v) is 2.24. The summed E-state index contributed by atoms with van der Waals surface area (Å²) in [6.07, 6.45) is 0. The summed E-state index contributed by atoms with van der Waals surface area (Å²) in [6, 6.07) is 6.27. The van der Waals surface area contributed by atoms with E-state index in [1.54, 1.807) is 0 Å². The van der Waals surface area contributed by atoms with Crippen LogP contribution in [-0.2, 0) is 16.1 Å². The molecule has 0 aliphatic rings. The first kappa shape index (κ1) is 14.1. The lowest BCUT2D eigenvalue weighted by molar-refractivity contribution is -0.137. The van der Waals surface area contributed by atoms with E-state index in [1.807, 2.05) is 6.07 Å². The molecule has 1 aromatic carbocycles. The van der Waals surface area contributed by atoms with Crippen LogP contribution in [0.3, 0.4) is 0 Å². The van der Waals surface area contributed by atoms with Crippen LogP contribution in [0.25, 0.3) is 0 Å². The number of ether oxygens (including phenoxy) is 1. The predicted molar refractivity (Wildman–Crippen MR) is 71.3 cm³/mol. The fourth-order valence-electron chi connectivity index (χ4n) is 1.42. The van der Waals surface area contributed by atoms with E-state index in [-0.39, 0.29) is 5.97 Å². The predicted octanol–water partition coefficient (Wildman–Crippen LogP) is 2.37. The summed E-state index contributed by atoms with van der Waals surface area (Å²) in [5.74, 6) is 0.173. The molecular weight excluding hydrogens is 234 g/mol. The van der Waals surface area contributed by atoms with Crippen LogP contribution in [0.1, 0.15) is 18.1 Å². The van der Waals surface area contributed by atoms with Crippen molar-refractivity contribution in [3.05, 3.63) is 29.3 Å². The third kappa shape index (κ3) is 4.79. The Labute approximate surface area is 107 Å². The third-order valence-electron chi connectivity index (χ3n) is 2.46. The maximum Gasteiger partial charge on any atom is 0.315 e. The molecule has 4 heteroatoms. The van der Waals surface area contributed by atoms with Crippen LogP contribution in [0.5, 0.6) is 0 Å². The zero-order chi connectivity index (χ0) is 12.7. The number of hydrogen-bond acceptors (Lipinski definition) is 4. The van der Waals surface area contributed by atoms with Crippen molar-refractivity contribution in [1.82, 2.24) is 5.32 Å².